The minimum Gasteiger partial charge on any atom is -0.353 e. The van der Waals surface area contributed by atoms with Gasteiger partial charge in [-0.1, -0.05) is 12.8 Å². The van der Waals surface area contributed by atoms with Crippen LogP contribution in [0.2, 0.25) is 0 Å². The first kappa shape index (κ1) is 17.7. The number of carbonyl (C=O) groups excluding carboxylic acids is 2. The number of hydrogen-bond acceptors (Lipinski definition) is 4. The molecule has 1 aliphatic heterocycles. The maximum absolute atomic E-state index is 12.7. The van der Waals surface area contributed by atoms with Crippen molar-refractivity contribution in [2.45, 2.75) is 44.6 Å². The van der Waals surface area contributed by atoms with Gasteiger partial charge in [0.2, 0.25) is 5.91 Å². The number of aromatic nitrogens is 3. The molecule has 0 aromatic carbocycles. The normalized spacial score (nSPS) is 18.6. The minimum atomic E-state index is -0.0627. The first-order valence-corrected chi connectivity index (χ1v) is 9.76. The lowest BCUT2D eigenvalue weighted by Crippen LogP contribution is -2.45. The fourth-order valence-corrected chi connectivity index (χ4v) is 4.00. The van der Waals surface area contributed by atoms with Crippen LogP contribution in [0.5, 0.6) is 0 Å². The van der Waals surface area contributed by atoms with Gasteiger partial charge in [0.1, 0.15) is 5.69 Å². The molecule has 2 fully saturated rings. The molecule has 2 aromatic heterocycles. The predicted octanol–water partition coefficient (Wildman–Crippen LogP) is 2.38. The van der Waals surface area contributed by atoms with Crippen LogP contribution in [-0.2, 0) is 4.79 Å². The van der Waals surface area contributed by atoms with Crippen LogP contribution in [0.15, 0.2) is 30.6 Å². The van der Waals surface area contributed by atoms with E-state index in [1.54, 1.807) is 23.4 Å². The van der Waals surface area contributed by atoms with Gasteiger partial charge < -0.3 is 10.2 Å². The van der Waals surface area contributed by atoms with E-state index in [0.29, 0.717) is 43.4 Å². The third-order valence-corrected chi connectivity index (χ3v) is 5.62. The van der Waals surface area contributed by atoms with Crippen molar-refractivity contribution in [2.75, 3.05) is 13.1 Å². The average Bonchev–Trinajstić information content (AvgIpc) is 3.40. The van der Waals surface area contributed by atoms with Gasteiger partial charge in [0, 0.05) is 43.0 Å². The van der Waals surface area contributed by atoms with Crippen LogP contribution in [0.25, 0.3) is 11.3 Å². The molecule has 3 heterocycles. The zero-order valence-corrected chi connectivity index (χ0v) is 15.4. The summed E-state index contributed by atoms with van der Waals surface area (Å²) in [5, 5.41) is 10.2. The molecule has 1 saturated carbocycles. The molecule has 142 valence electrons. The van der Waals surface area contributed by atoms with Gasteiger partial charge in [-0.25, -0.2) is 0 Å². The zero-order chi connectivity index (χ0) is 18.6. The third-order valence-electron chi connectivity index (χ3n) is 5.62. The second-order valence-corrected chi connectivity index (χ2v) is 7.47. The monoisotopic (exact) mass is 367 g/mol. The van der Waals surface area contributed by atoms with Crippen molar-refractivity contribution in [3.05, 3.63) is 36.3 Å². The molecule has 7 heteroatoms. The summed E-state index contributed by atoms with van der Waals surface area (Å²) in [5.41, 5.74) is 2.05. The molecule has 4 rings (SSSR count). The van der Waals surface area contributed by atoms with Crippen molar-refractivity contribution in [2.24, 2.45) is 5.92 Å². The Morgan fingerprint density at radius 2 is 1.93 bits per heavy atom. The fourth-order valence-electron chi connectivity index (χ4n) is 4.00. The van der Waals surface area contributed by atoms with Crippen molar-refractivity contribution < 1.29 is 9.59 Å². The van der Waals surface area contributed by atoms with E-state index in [1.807, 2.05) is 12.1 Å². The molecule has 0 unspecified atom stereocenters. The summed E-state index contributed by atoms with van der Waals surface area (Å²) in [6.45, 7) is 1.20. The molecular weight excluding hydrogens is 342 g/mol. The topological polar surface area (TPSA) is 91.0 Å². The molecule has 2 aromatic rings. The van der Waals surface area contributed by atoms with Crippen LogP contribution in [0.1, 0.15) is 49.0 Å². The Kier molecular flexibility index (Phi) is 5.18. The number of nitrogens with zero attached hydrogens (tertiary/aromatic N) is 3. The molecule has 0 atom stereocenters. The summed E-state index contributed by atoms with van der Waals surface area (Å²) >= 11 is 0. The van der Waals surface area contributed by atoms with E-state index < -0.39 is 0 Å². The molecule has 1 saturated heterocycles. The first-order valence-electron chi connectivity index (χ1n) is 9.76. The highest BCUT2D eigenvalue weighted by atomic mass is 16.2. The fraction of sp³-hybridized carbons (Fsp3) is 0.500. The average molecular weight is 367 g/mol. The lowest BCUT2D eigenvalue weighted by atomic mass is 9.95. The lowest BCUT2D eigenvalue weighted by molar-refractivity contribution is -0.127. The summed E-state index contributed by atoms with van der Waals surface area (Å²) in [4.78, 5) is 31.0. The van der Waals surface area contributed by atoms with E-state index >= 15 is 0 Å². The number of amides is 2. The Morgan fingerprint density at radius 3 is 2.63 bits per heavy atom. The molecule has 2 amide bonds. The van der Waals surface area contributed by atoms with Gasteiger partial charge >= 0.3 is 0 Å². The molecule has 0 spiro atoms. The number of aromatic amines is 1. The van der Waals surface area contributed by atoms with E-state index in [1.165, 1.54) is 12.8 Å². The second-order valence-electron chi connectivity index (χ2n) is 7.47. The van der Waals surface area contributed by atoms with Crippen LogP contribution in [0, 0.1) is 5.92 Å². The zero-order valence-electron chi connectivity index (χ0n) is 15.4. The highest BCUT2D eigenvalue weighted by Crippen LogP contribution is 2.23. The van der Waals surface area contributed by atoms with Crippen LogP contribution < -0.4 is 5.32 Å². The number of H-pyrrole nitrogens is 1. The Bertz CT molecular complexity index is 790. The van der Waals surface area contributed by atoms with Gasteiger partial charge in [-0.2, -0.15) is 5.10 Å². The van der Waals surface area contributed by atoms with Crippen molar-refractivity contribution in [1.82, 2.24) is 25.4 Å². The second kappa shape index (κ2) is 7.90. The Hall–Kier alpha value is -2.70. The van der Waals surface area contributed by atoms with Crippen molar-refractivity contribution in [3.63, 3.8) is 0 Å². The number of likely N-dealkylation sites (tertiary alicyclic amines) is 1. The number of nitrogens with one attached hydrogen (secondary N) is 2. The Labute approximate surface area is 158 Å². The minimum absolute atomic E-state index is 0.0161. The van der Waals surface area contributed by atoms with E-state index in [0.717, 1.165) is 18.4 Å². The van der Waals surface area contributed by atoms with Gasteiger partial charge in [-0.3, -0.25) is 19.7 Å². The van der Waals surface area contributed by atoms with Crippen molar-refractivity contribution >= 4 is 11.8 Å². The van der Waals surface area contributed by atoms with E-state index in [4.69, 9.17) is 0 Å². The lowest BCUT2D eigenvalue weighted by Gasteiger charge is -2.31. The van der Waals surface area contributed by atoms with Crippen molar-refractivity contribution in [1.29, 1.82) is 0 Å². The summed E-state index contributed by atoms with van der Waals surface area (Å²) in [7, 11) is 0. The molecule has 2 aliphatic rings. The Morgan fingerprint density at radius 1 is 1.15 bits per heavy atom. The van der Waals surface area contributed by atoms with Gasteiger partial charge in [0.25, 0.3) is 5.91 Å². The summed E-state index contributed by atoms with van der Waals surface area (Å²) < 4.78 is 0. The number of hydrogen-bond donors (Lipinski definition) is 2. The highest BCUT2D eigenvalue weighted by Gasteiger charge is 2.30. The molecule has 1 aliphatic carbocycles. The summed E-state index contributed by atoms with van der Waals surface area (Å²) in [6, 6.07) is 5.87. The number of carbonyl (C=O) groups is 2. The smallest absolute Gasteiger partial charge is 0.271 e. The molecule has 7 nitrogen and oxygen atoms in total. The maximum Gasteiger partial charge on any atom is 0.271 e. The predicted molar refractivity (Wildman–Crippen MR) is 101 cm³/mol. The number of rotatable bonds is 4. The molecular formula is C20H25N5O2. The van der Waals surface area contributed by atoms with Gasteiger partial charge in [-0.15, -0.1) is 0 Å². The van der Waals surface area contributed by atoms with Crippen LogP contribution in [0.3, 0.4) is 0 Å². The van der Waals surface area contributed by atoms with Gasteiger partial charge in [0.15, 0.2) is 0 Å². The first-order chi connectivity index (χ1) is 13.2. The van der Waals surface area contributed by atoms with Crippen LogP contribution >= 0.6 is 0 Å². The quantitative estimate of drug-likeness (QED) is 0.868. The van der Waals surface area contributed by atoms with Crippen LogP contribution in [0.4, 0.5) is 0 Å². The maximum atomic E-state index is 12.7. The summed E-state index contributed by atoms with van der Waals surface area (Å²) in [6.07, 6.45) is 9.48. The standard InChI is InChI=1S/C20H25N5O2/c26-19(22-16-5-1-2-6-16)14-7-10-25(11-8-14)20(27)18-12-17(23-24-18)15-4-3-9-21-13-15/h3-4,9,12-14,16H,1-2,5-8,10-11H2,(H,22,26)(H,23,24). The molecule has 0 radical (unpaired) electrons. The van der Waals surface area contributed by atoms with Crippen molar-refractivity contribution in [3.8, 4) is 11.3 Å². The third kappa shape index (κ3) is 4.02. The van der Waals surface area contributed by atoms with Gasteiger partial charge in [-0.05, 0) is 43.9 Å². The highest BCUT2D eigenvalue weighted by molar-refractivity contribution is 5.93. The molecule has 27 heavy (non-hydrogen) atoms. The summed E-state index contributed by atoms with van der Waals surface area (Å²) in [5.74, 6) is 0.115. The number of pyridine rings is 1. The van der Waals surface area contributed by atoms with E-state index in [-0.39, 0.29) is 17.7 Å². The van der Waals surface area contributed by atoms with Gasteiger partial charge in [0.05, 0.1) is 5.69 Å². The molecule has 2 N–H and O–H groups in total. The Balaban J connectivity index is 1.32. The SMILES string of the molecule is O=C(NC1CCCC1)C1CCN(C(=O)c2cc(-c3cccnc3)n[nH]2)CC1. The molecule has 0 bridgehead atoms. The largest absolute Gasteiger partial charge is 0.353 e. The van der Waals surface area contributed by atoms with E-state index in [2.05, 4.69) is 20.5 Å². The van der Waals surface area contributed by atoms with Crippen LogP contribution in [-0.4, -0.2) is 51.0 Å². The number of piperidine rings is 1. The van der Waals surface area contributed by atoms with E-state index in [9.17, 15) is 9.59 Å².